The summed E-state index contributed by atoms with van der Waals surface area (Å²) in [5.41, 5.74) is -1.31. The largest absolute Gasteiger partial charge is 0.444 e. The molecular formula is C21H30N2O9Si. The molecule has 3 aliphatic heterocycles. The molecule has 4 rings (SSSR count). The molecular weight excluding hydrogens is 452 g/mol. The average Bonchev–Trinajstić information content (AvgIpc) is 3.27. The zero-order chi connectivity index (χ0) is 24.4. The first-order chi connectivity index (χ1) is 15.3. The molecule has 1 N–H and O–H groups in total. The predicted molar refractivity (Wildman–Crippen MR) is 115 cm³/mol. The van der Waals surface area contributed by atoms with Gasteiger partial charge in [-0.25, -0.2) is 14.4 Å². The first-order valence-electron chi connectivity index (χ1n) is 10.7. The third-order valence-corrected chi connectivity index (χ3v) is 11.5. The van der Waals surface area contributed by atoms with E-state index in [-0.39, 0.29) is 11.6 Å². The second-order valence-corrected chi connectivity index (χ2v) is 14.8. The molecule has 182 valence electrons. The highest BCUT2D eigenvalue weighted by molar-refractivity contribution is 6.74. The van der Waals surface area contributed by atoms with E-state index in [2.05, 4.69) is 45.8 Å². The Kier molecular flexibility index (Phi) is 5.43. The van der Waals surface area contributed by atoms with Crippen LogP contribution in [0, 0.1) is 5.92 Å². The number of carbonyl (C=O) groups excluding carboxylic acids is 3. The third kappa shape index (κ3) is 3.38. The lowest BCUT2D eigenvalue weighted by Gasteiger charge is -2.51. The minimum atomic E-state index is -2.45. The van der Waals surface area contributed by atoms with Crippen LogP contribution >= 0.6 is 0 Å². The third-order valence-electron chi connectivity index (χ3n) is 7.10. The number of hydrogen-bond donors (Lipinski definition) is 1. The number of ether oxygens (including phenoxy) is 4. The van der Waals surface area contributed by atoms with Crippen molar-refractivity contribution in [2.24, 2.45) is 5.92 Å². The van der Waals surface area contributed by atoms with E-state index in [0.717, 1.165) is 5.06 Å². The summed E-state index contributed by atoms with van der Waals surface area (Å²) in [6.45, 7) is 13.8. The van der Waals surface area contributed by atoms with Crippen LogP contribution in [-0.2, 0) is 33.0 Å². The molecule has 11 nitrogen and oxygen atoms in total. The molecule has 0 aromatic carbocycles. The summed E-state index contributed by atoms with van der Waals surface area (Å²) < 4.78 is 28.5. The van der Waals surface area contributed by atoms with Crippen molar-refractivity contribution in [1.82, 2.24) is 10.4 Å². The Labute approximate surface area is 193 Å². The zero-order valence-electron chi connectivity index (χ0n) is 19.6. The lowest BCUT2D eigenvalue weighted by Crippen LogP contribution is -2.71. The molecule has 1 aliphatic carbocycles. The van der Waals surface area contributed by atoms with Gasteiger partial charge in [0.25, 0.3) is 0 Å². The van der Waals surface area contributed by atoms with Crippen LogP contribution in [0.15, 0.2) is 24.8 Å². The number of hydrogen-bond acceptors (Lipinski definition) is 9. The van der Waals surface area contributed by atoms with E-state index >= 15 is 0 Å². The van der Waals surface area contributed by atoms with Gasteiger partial charge >= 0.3 is 18.2 Å². The molecule has 0 aromatic heterocycles. The van der Waals surface area contributed by atoms with Gasteiger partial charge in [-0.15, -0.1) is 5.06 Å². The van der Waals surface area contributed by atoms with Crippen LogP contribution in [0.4, 0.5) is 9.59 Å². The molecule has 3 heterocycles. The number of carbonyl (C=O) groups is 3. The molecule has 0 unspecified atom stereocenters. The number of nitrogens with one attached hydrogen (secondary N) is 1. The molecule has 0 aromatic rings. The maximum Gasteiger partial charge on any atom is 0.437 e. The Morgan fingerprint density at radius 2 is 2.00 bits per heavy atom. The highest BCUT2D eigenvalue weighted by Gasteiger charge is 2.75. The Bertz CT molecular complexity index is 916. The van der Waals surface area contributed by atoms with Crippen LogP contribution in [-0.4, -0.2) is 75.0 Å². The van der Waals surface area contributed by atoms with Crippen molar-refractivity contribution in [3.05, 3.63) is 24.8 Å². The molecule has 0 saturated carbocycles. The van der Waals surface area contributed by atoms with Gasteiger partial charge in [-0.05, 0) is 24.2 Å². The summed E-state index contributed by atoms with van der Waals surface area (Å²) in [6.07, 6.45) is -0.415. The standard InChI is InChI=1S/C21H30N2O9Si/c1-8-11-28-18(26)23-15-12-13(31-23)21(27-5,32-33(6,7)19(2,3)4)10-9-20(12)14(16(24)30-15)29-17(25)22-20/h8-10,12-15H,1,11H2,2-7H3,(H,22,25)/t12-,13-,14-,15-,20+,21+/m1/s1. The van der Waals surface area contributed by atoms with Crippen LogP contribution in [0.5, 0.6) is 0 Å². The van der Waals surface area contributed by atoms with Crippen molar-refractivity contribution >= 4 is 26.5 Å². The summed E-state index contributed by atoms with van der Waals surface area (Å²) in [6, 6.07) is 0. The number of amides is 2. The number of alkyl carbamates (subject to hydrolysis) is 1. The number of esters is 1. The molecule has 0 radical (unpaired) electrons. The average molecular weight is 483 g/mol. The first kappa shape index (κ1) is 23.7. The molecule has 6 atom stereocenters. The lowest BCUT2D eigenvalue weighted by molar-refractivity contribution is -0.260. The number of hydroxylamine groups is 2. The number of nitrogens with zero attached hydrogens (tertiary/aromatic N) is 1. The van der Waals surface area contributed by atoms with Gasteiger partial charge in [0, 0.05) is 7.11 Å². The van der Waals surface area contributed by atoms with Gasteiger partial charge in [-0.2, -0.15) is 0 Å². The molecule has 2 amide bonds. The molecule has 4 aliphatic rings. The molecule has 0 bridgehead atoms. The van der Waals surface area contributed by atoms with Gasteiger partial charge in [0.2, 0.25) is 18.1 Å². The molecule has 12 heteroatoms. The Morgan fingerprint density at radius 3 is 2.61 bits per heavy atom. The molecule has 3 saturated heterocycles. The maximum absolute atomic E-state index is 12.8. The predicted octanol–water partition coefficient (Wildman–Crippen LogP) is 2.21. The van der Waals surface area contributed by atoms with E-state index < -0.39 is 62.2 Å². The van der Waals surface area contributed by atoms with E-state index in [4.69, 9.17) is 28.2 Å². The van der Waals surface area contributed by atoms with Crippen LogP contribution in [0.25, 0.3) is 0 Å². The Hall–Kier alpha value is -2.41. The van der Waals surface area contributed by atoms with E-state index in [9.17, 15) is 14.4 Å². The minimum absolute atomic E-state index is 0.0730. The summed E-state index contributed by atoms with van der Waals surface area (Å²) in [7, 11) is -0.971. The number of methoxy groups -OCH3 is 1. The molecule has 33 heavy (non-hydrogen) atoms. The van der Waals surface area contributed by atoms with Crippen LogP contribution in [0.3, 0.4) is 0 Å². The van der Waals surface area contributed by atoms with E-state index in [1.165, 1.54) is 13.2 Å². The summed E-state index contributed by atoms with van der Waals surface area (Å²) in [5, 5.41) is 3.42. The fourth-order valence-electron chi connectivity index (χ4n) is 4.43. The van der Waals surface area contributed by atoms with E-state index in [1.54, 1.807) is 12.2 Å². The number of rotatable bonds is 5. The van der Waals surface area contributed by atoms with Crippen molar-refractivity contribution in [3.8, 4) is 0 Å². The second kappa shape index (κ2) is 7.55. The quantitative estimate of drug-likeness (QED) is 0.207. The van der Waals surface area contributed by atoms with Gasteiger partial charge < -0.3 is 28.7 Å². The molecule has 3 fully saturated rings. The lowest BCUT2D eigenvalue weighted by atomic mass is 9.68. The fraction of sp³-hybridized carbons (Fsp3) is 0.667. The van der Waals surface area contributed by atoms with Crippen molar-refractivity contribution in [2.45, 2.75) is 68.7 Å². The van der Waals surface area contributed by atoms with Gasteiger partial charge in [-0.1, -0.05) is 39.5 Å². The minimum Gasteiger partial charge on any atom is -0.444 e. The Balaban J connectivity index is 1.82. The van der Waals surface area contributed by atoms with Gasteiger partial charge in [0.05, 0.1) is 5.92 Å². The summed E-state index contributed by atoms with van der Waals surface area (Å²) in [4.78, 5) is 43.8. The fourth-order valence-corrected chi connectivity index (χ4v) is 5.80. The van der Waals surface area contributed by atoms with E-state index in [1.807, 2.05) is 0 Å². The van der Waals surface area contributed by atoms with Crippen molar-refractivity contribution < 1.29 is 42.6 Å². The molecule has 1 spiro atoms. The first-order valence-corrected chi connectivity index (χ1v) is 13.6. The van der Waals surface area contributed by atoms with E-state index in [0.29, 0.717) is 0 Å². The highest BCUT2D eigenvalue weighted by Crippen LogP contribution is 2.54. The van der Waals surface area contributed by atoms with Crippen molar-refractivity contribution in [3.63, 3.8) is 0 Å². The van der Waals surface area contributed by atoms with Crippen LogP contribution < -0.4 is 5.32 Å². The Morgan fingerprint density at radius 1 is 1.30 bits per heavy atom. The van der Waals surface area contributed by atoms with Crippen LogP contribution in [0.1, 0.15) is 20.8 Å². The van der Waals surface area contributed by atoms with Gasteiger partial charge in [-0.3, -0.25) is 4.84 Å². The normalized spacial score (nSPS) is 37.0. The summed E-state index contributed by atoms with van der Waals surface area (Å²) in [5.74, 6) is -3.02. The zero-order valence-corrected chi connectivity index (χ0v) is 20.6. The van der Waals surface area contributed by atoms with Crippen LogP contribution in [0.2, 0.25) is 18.1 Å². The monoisotopic (exact) mass is 482 g/mol. The summed E-state index contributed by atoms with van der Waals surface area (Å²) >= 11 is 0. The second-order valence-electron chi connectivity index (χ2n) is 10.0. The highest BCUT2D eigenvalue weighted by atomic mass is 28.4. The van der Waals surface area contributed by atoms with Gasteiger partial charge in [0.1, 0.15) is 12.1 Å². The SMILES string of the molecule is C=CCOC(=O)N1O[C@@H]2[C@@H]3[C@H]1OC(=O)[C@H]1OC(=O)N[C@@]31C=C[C@]2(OC)O[Si](C)(C)C(C)(C)C. The van der Waals surface area contributed by atoms with Gasteiger partial charge in [0.15, 0.2) is 14.4 Å². The smallest absolute Gasteiger partial charge is 0.437 e. The maximum atomic E-state index is 12.8. The topological polar surface area (TPSA) is 122 Å². The van der Waals surface area contributed by atoms with Crippen molar-refractivity contribution in [2.75, 3.05) is 13.7 Å². The van der Waals surface area contributed by atoms with Crippen molar-refractivity contribution in [1.29, 1.82) is 0 Å².